The van der Waals surface area contributed by atoms with Gasteiger partial charge in [-0.15, -0.1) is 0 Å². The number of hydrogen-bond donors (Lipinski definition) is 3. The van der Waals surface area contributed by atoms with Crippen LogP contribution < -0.4 is 10.9 Å². The molecule has 0 aliphatic rings. The van der Waals surface area contributed by atoms with E-state index in [-0.39, 0.29) is 6.04 Å². The summed E-state index contributed by atoms with van der Waals surface area (Å²) in [6.45, 7) is 10.4. The molecule has 3 N–H and O–H groups in total. The van der Waals surface area contributed by atoms with Gasteiger partial charge in [0.25, 0.3) is 0 Å². The number of aliphatic hydroxyl groups is 1. The standard InChI is InChI=1S/C10H22N2O3/c1-7(10(5,6)14)11-12-8(13)15-9(2,3)4/h7,11,14H,1-6H3,(H,12,13). The molecule has 90 valence electrons. The van der Waals surface area contributed by atoms with Crippen LogP contribution in [0.25, 0.3) is 0 Å². The number of rotatable bonds is 3. The summed E-state index contributed by atoms with van der Waals surface area (Å²) in [5.41, 5.74) is 3.61. The molecule has 5 nitrogen and oxygen atoms in total. The highest BCUT2D eigenvalue weighted by molar-refractivity contribution is 5.67. The average molecular weight is 218 g/mol. The zero-order chi connectivity index (χ0) is 12.3. The molecule has 0 aliphatic carbocycles. The first-order chi connectivity index (χ1) is 6.52. The van der Waals surface area contributed by atoms with Crippen LogP contribution >= 0.6 is 0 Å². The lowest BCUT2D eigenvalue weighted by molar-refractivity contribution is 0.0268. The lowest BCUT2D eigenvalue weighted by Crippen LogP contribution is -2.53. The fourth-order valence-corrected chi connectivity index (χ4v) is 0.647. The van der Waals surface area contributed by atoms with Crippen molar-refractivity contribution >= 4 is 6.09 Å². The minimum atomic E-state index is -0.908. The van der Waals surface area contributed by atoms with Crippen molar-refractivity contribution < 1.29 is 14.6 Å². The normalized spacial score (nSPS) is 14.6. The quantitative estimate of drug-likeness (QED) is 0.622. The largest absolute Gasteiger partial charge is 0.443 e. The molecule has 1 amide bonds. The molecule has 0 rings (SSSR count). The van der Waals surface area contributed by atoms with Crippen LogP contribution in [0.3, 0.4) is 0 Å². The minimum Gasteiger partial charge on any atom is -0.443 e. The van der Waals surface area contributed by atoms with Crippen LogP contribution in [0.4, 0.5) is 4.79 Å². The molecule has 0 heterocycles. The molecule has 0 saturated carbocycles. The zero-order valence-corrected chi connectivity index (χ0v) is 10.3. The Bertz CT molecular complexity index is 216. The Balaban J connectivity index is 3.92. The van der Waals surface area contributed by atoms with Gasteiger partial charge in [-0.25, -0.2) is 10.2 Å². The molecule has 0 spiro atoms. The summed E-state index contributed by atoms with van der Waals surface area (Å²) in [5, 5.41) is 9.58. The van der Waals surface area contributed by atoms with Gasteiger partial charge in [0.1, 0.15) is 5.60 Å². The van der Waals surface area contributed by atoms with Crippen LogP contribution in [-0.2, 0) is 4.74 Å². The number of amides is 1. The maximum Gasteiger partial charge on any atom is 0.422 e. The van der Waals surface area contributed by atoms with E-state index in [1.54, 1.807) is 41.5 Å². The molecular formula is C10H22N2O3. The van der Waals surface area contributed by atoms with E-state index in [2.05, 4.69) is 10.9 Å². The molecule has 1 unspecified atom stereocenters. The Morgan fingerprint density at radius 3 is 2.07 bits per heavy atom. The third kappa shape index (κ3) is 7.16. The molecule has 0 bridgehead atoms. The lowest BCUT2D eigenvalue weighted by Gasteiger charge is -2.27. The topological polar surface area (TPSA) is 70.6 Å². The van der Waals surface area contributed by atoms with Crippen LogP contribution in [0, 0.1) is 0 Å². The van der Waals surface area contributed by atoms with E-state index in [1.165, 1.54) is 0 Å². The van der Waals surface area contributed by atoms with Crippen molar-refractivity contribution in [1.82, 2.24) is 10.9 Å². The number of hydrogen-bond acceptors (Lipinski definition) is 4. The number of carbonyl (C=O) groups excluding carboxylic acids is 1. The SMILES string of the molecule is CC(NNC(=O)OC(C)(C)C)C(C)(C)O. The summed E-state index contributed by atoms with van der Waals surface area (Å²) in [6, 6.07) is -0.273. The maximum absolute atomic E-state index is 11.2. The van der Waals surface area contributed by atoms with E-state index >= 15 is 0 Å². The van der Waals surface area contributed by atoms with Crippen molar-refractivity contribution in [3.8, 4) is 0 Å². The molecular weight excluding hydrogens is 196 g/mol. The van der Waals surface area contributed by atoms with Gasteiger partial charge in [0, 0.05) is 0 Å². The van der Waals surface area contributed by atoms with Gasteiger partial charge in [-0.1, -0.05) is 0 Å². The molecule has 0 aromatic rings. The molecule has 0 fully saturated rings. The molecule has 15 heavy (non-hydrogen) atoms. The second-order valence-electron chi connectivity index (χ2n) is 5.15. The van der Waals surface area contributed by atoms with Crippen molar-refractivity contribution in [1.29, 1.82) is 0 Å². The van der Waals surface area contributed by atoms with Gasteiger partial charge < -0.3 is 9.84 Å². The van der Waals surface area contributed by atoms with Gasteiger partial charge in [-0.2, -0.15) is 0 Å². The van der Waals surface area contributed by atoms with E-state index in [9.17, 15) is 9.90 Å². The van der Waals surface area contributed by atoms with Gasteiger partial charge >= 0.3 is 6.09 Å². The van der Waals surface area contributed by atoms with Crippen LogP contribution in [0.5, 0.6) is 0 Å². The van der Waals surface area contributed by atoms with Gasteiger partial charge in [-0.05, 0) is 41.5 Å². The summed E-state index contributed by atoms with van der Waals surface area (Å²) in [5.74, 6) is 0. The summed E-state index contributed by atoms with van der Waals surface area (Å²) in [7, 11) is 0. The number of hydrazine groups is 1. The van der Waals surface area contributed by atoms with E-state index < -0.39 is 17.3 Å². The molecule has 5 heteroatoms. The van der Waals surface area contributed by atoms with Gasteiger partial charge in [0.2, 0.25) is 0 Å². The second-order valence-corrected chi connectivity index (χ2v) is 5.15. The Kier molecular flexibility index (Phi) is 4.55. The Morgan fingerprint density at radius 1 is 1.27 bits per heavy atom. The summed E-state index contributed by atoms with van der Waals surface area (Å²) in [4.78, 5) is 11.2. The summed E-state index contributed by atoms with van der Waals surface area (Å²) < 4.78 is 5.01. The van der Waals surface area contributed by atoms with Crippen molar-refractivity contribution in [3.05, 3.63) is 0 Å². The van der Waals surface area contributed by atoms with Gasteiger partial charge in [0.15, 0.2) is 0 Å². The highest BCUT2D eigenvalue weighted by atomic mass is 16.6. The van der Waals surface area contributed by atoms with E-state index in [0.29, 0.717) is 0 Å². The average Bonchev–Trinajstić information content (AvgIpc) is 1.94. The van der Waals surface area contributed by atoms with Gasteiger partial charge in [0.05, 0.1) is 11.6 Å². The van der Waals surface area contributed by atoms with E-state index in [1.807, 2.05) is 0 Å². The van der Waals surface area contributed by atoms with Crippen molar-refractivity contribution in [3.63, 3.8) is 0 Å². The predicted molar refractivity (Wildman–Crippen MR) is 58.3 cm³/mol. The lowest BCUT2D eigenvalue weighted by atomic mass is 10.0. The minimum absolute atomic E-state index is 0.273. The first-order valence-electron chi connectivity index (χ1n) is 4.99. The highest BCUT2D eigenvalue weighted by Crippen LogP contribution is 2.08. The van der Waals surface area contributed by atoms with Crippen LogP contribution in [0.15, 0.2) is 0 Å². The Hall–Kier alpha value is -0.810. The smallest absolute Gasteiger partial charge is 0.422 e. The third-order valence-corrected chi connectivity index (χ3v) is 1.85. The summed E-state index contributed by atoms with van der Waals surface area (Å²) >= 11 is 0. The molecule has 0 saturated heterocycles. The van der Waals surface area contributed by atoms with Gasteiger partial charge in [-0.3, -0.25) is 5.43 Å². The van der Waals surface area contributed by atoms with Crippen molar-refractivity contribution in [2.45, 2.75) is 58.8 Å². The molecule has 0 radical (unpaired) electrons. The first kappa shape index (κ1) is 14.2. The first-order valence-corrected chi connectivity index (χ1v) is 4.99. The van der Waals surface area contributed by atoms with Crippen molar-refractivity contribution in [2.75, 3.05) is 0 Å². The zero-order valence-electron chi connectivity index (χ0n) is 10.3. The summed E-state index contributed by atoms with van der Waals surface area (Å²) in [6.07, 6.45) is -0.557. The Morgan fingerprint density at radius 2 is 1.73 bits per heavy atom. The molecule has 0 aromatic carbocycles. The van der Waals surface area contributed by atoms with E-state index in [4.69, 9.17) is 4.74 Å². The second kappa shape index (κ2) is 4.81. The number of ether oxygens (including phenoxy) is 1. The van der Waals surface area contributed by atoms with Crippen molar-refractivity contribution in [2.24, 2.45) is 0 Å². The fraction of sp³-hybridized carbons (Fsp3) is 0.900. The molecule has 1 atom stereocenters. The van der Waals surface area contributed by atoms with Crippen LogP contribution in [-0.4, -0.2) is 28.4 Å². The van der Waals surface area contributed by atoms with Crippen LogP contribution in [0.1, 0.15) is 41.5 Å². The molecule has 0 aromatic heterocycles. The monoisotopic (exact) mass is 218 g/mol. The Labute approximate surface area is 91.2 Å². The predicted octanol–water partition coefficient (Wildman–Crippen LogP) is 1.18. The van der Waals surface area contributed by atoms with E-state index in [0.717, 1.165) is 0 Å². The fourth-order valence-electron chi connectivity index (χ4n) is 0.647. The molecule has 0 aliphatic heterocycles. The number of nitrogens with one attached hydrogen (secondary N) is 2. The third-order valence-electron chi connectivity index (χ3n) is 1.85. The number of carbonyl (C=O) groups is 1. The van der Waals surface area contributed by atoms with Crippen LogP contribution in [0.2, 0.25) is 0 Å². The highest BCUT2D eigenvalue weighted by Gasteiger charge is 2.23. The maximum atomic E-state index is 11.2.